The third kappa shape index (κ3) is 37.4. The summed E-state index contributed by atoms with van der Waals surface area (Å²) in [6.07, 6.45) is 40.9. The van der Waals surface area contributed by atoms with Gasteiger partial charge in [-0.15, -0.1) is 0 Å². The second-order valence-electron chi connectivity index (χ2n) is 27.5. The van der Waals surface area contributed by atoms with Gasteiger partial charge in [-0.2, -0.15) is 0 Å². The molecule has 3 saturated heterocycles. The van der Waals surface area contributed by atoms with E-state index in [1.165, 1.54) is 212 Å². The number of carbonyl (C=O) groups excluding carboxylic acids is 1. The molecule has 3 rings (SSSR count). The molecular weight excluding hydrogens is 1200 g/mol. The van der Waals surface area contributed by atoms with Crippen LogP contribution in [-0.4, -0.2) is 193 Å². The second-order valence-corrected chi connectivity index (χ2v) is 27.5. The zero-order valence-electron chi connectivity index (χ0n) is 58.7. The summed E-state index contributed by atoms with van der Waals surface area (Å²) in [6, 6.07) is -0.886. The van der Waals surface area contributed by atoms with Gasteiger partial charge in [0.2, 0.25) is 5.91 Å². The number of aliphatic hydroxyl groups is 11. The van der Waals surface area contributed by atoms with E-state index in [0.717, 1.165) is 57.8 Å². The number of carbonyl (C=O) groups is 1. The van der Waals surface area contributed by atoms with E-state index >= 15 is 0 Å². The summed E-state index contributed by atoms with van der Waals surface area (Å²) in [4.78, 5) is 13.5. The van der Waals surface area contributed by atoms with Gasteiger partial charge in [0.1, 0.15) is 73.2 Å². The first-order valence-electron chi connectivity index (χ1n) is 38.2. The van der Waals surface area contributed by atoms with Crippen molar-refractivity contribution in [3.8, 4) is 0 Å². The number of nitrogens with one attached hydrogen (secondary N) is 1. The molecule has 0 aliphatic carbocycles. The molecule has 0 aromatic heterocycles. The first-order valence-corrected chi connectivity index (χ1v) is 38.2. The maximum Gasteiger partial charge on any atom is 0.220 e. The first-order chi connectivity index (χ1) is 45.8. The molecule has 19 heteroatoms. The van der Waals surface area contributed by atoms with Crippen molar-refractivity contribution in [1.29, 1.82) is 0 Å². The second kappa shape index (κ2) is 56.7. The van der Waals surface area contributed by atoms with Crippen LogP contribution in [0.2, 0.25) is 0 Å². The van der Waals surface area contributed by atoms with Crippen molar-refractivity contribution in [2.24, 2.45) is 0 Å². The van der Waals surface area contributed by atoms with E-state index in [2.05, 4.69) is 55.6 Å². The van der Waals surface area contributed by atoms with Crippen LogP contribution < -0.4 is 5.32 Å². The van der Waals surface area contributed by atoms with Crippen LogP contribution in [0.4, 0.5) is 0 Å². The van der Waals surface area contributed by atoms with Gasteiger partial charge in [-0.3, -0.25) is 4.79 Å². The molecule has 3 heterocycles. The van der Waals surface area contributed by atoms with E-state index in [1.54, 1.807) is 0 Å². The summed E-state index contributed by atoms with van der Waals surface area (Å²) in [5.74, 6) is -0.239. The number of amides is 1. The molecule has 17 unspecified atom stereocenters. The fourth-order valence-electron chi connectivity index (χ4n) is 13.0. The molecule has 12 N–H and O–H groups in total. The Kier molecular flexibility index (Phi) is 52.0. The number of allylic oxidation sites excluding steroid dienone is 6. The van der Waals surface area contributed by atoms with Gasteiger partial charge in [0.25, 0.3) is 0 Å². The Morgan fingerprint density at radius 3 is 1.10 bits per heavy atom. The molecule has 0 spiro atoms. The van der Waals surface area contributed by atoms with Gasteiger partial charge in [0.05, 0.1) is 38.6 Å². The molecule has 0 bridgehead atoms. The summed E-state index contributed by atoms with van der Waals surface area (Å²) >= 11 is 0. The van der Waals surface area contributed by atoms with Gasteiger partial charge < -0.3 is 89.9 Å². The van der Waals surface area contributed by atoms with Gasteiger partial charge in [0, 0.05) is 6.42 Å². The van der Waals surface area contributed by atoms with Crippen molar-refractivity contribution in [1.82, 2.24) is 5.32 Å². The van der Waals surface area contributed by atoms with Crippen molar-refractivity contribution in [2.45, 2.75) is 407 Å². The largest absolute Gasteiger partial charge is 0.394 e. The molecule has 1 amide bonds. The maximum absolute atomic E-state index is 13.5. The minimum absolute atomic E-state index is 0.239. The van der Waals surface area contributed by atoms with Crippen LogP contribution >= 0.6 is 0 Å². The van der Waals surface area contributed by atoms with Crippen LogP contribution in [0.5, 0.6) is 0 Å². The predicted octanol–water partition coefficient (Wildman–Crippen LogP) is 11.6. The fourth-order valence-corrected chi connectivity index (χ4v) is 13.0. The summed E-state index contributed by atoms with van der Waals surface area (Å²) in [7, 11) is 0. The van der Waals surface area contributed by atoms with Gasteiger partial charge in [-0.05, 0) is 51.4 Å². The van der Waals surface area contributed by atoms with Crippen molar-refractivity contribution < 1.29 is 89.4 Å². The highest BCUT2D eigenvalue weighted by Crippen LogP contribution is 2.33. The van der Waals surface area contributed by atoms with Crippen LogP contribution in [0, 0.1) is 0 Å². The van der Waals surface area contributed by atoms with Gasteiger partial charge in [-0.1, -0.05) is 281 Å². The molecule has 3 aliphatic heterocycles. The molecular formula is C75H139NO18. The molecule has 19 nitrogen and oxygen atoms in total. The van der Waals surface area contributed by atoms with Gasteiger partial charge >= 0.3 is 0 Å². The Bertz CT molecular complexity index is 1840. The van der Waals surface area contributed by atoms with E-state index in [0.29, 0.717) is 12.8 Å². The average Bonchev–Trinajstić information content (AvgIpc) is 0.787. The third-order valence-corrected chi connectivity index (χ3v) is 19.2. The number of hydrogen-bond acceptors (Lipinski definition) is 18. The SMILES string of the molecule is CCCCCCC/C=C\C/C=C\C/C=C\CCCCCCCCCCCCCCCCCCCCC(=O)NC(COC1OC(CO)C(OC2OC(CO)C(OC3OC(CO)C(O)C(O)C3O)C(O)C2O)C(O)C1O)C(O)CCCCCCCCCCCCCCCCCC. The molecule has 0 radical (unpaired) electrons. The molecule has 94 heavy (non-hydrogen) atoms. The smallest absolute Gasteiger partial charge is 0.220 e. The predicted molar refractivity (Wildman–Crippen MR) is 369 cm³/mol. The fraction of sp³-hybridized carbons (Fsp3) is 0.907. The number of aliphatic hydroxyl groups excluding tert-OH is 11. The summed E-state index contributed by atoms with van der Waals surface area (Å²) in [5, 5.41) is 121. The minimum atomic E-state index is -1.97. The lowest BCUT2D eigenvalue weighted by molar-refractivity contribution is -0.379. The van der Waals surface area contributed by atoms with E-state index in [-0.39, 0.29) is 18.9 Å². The lowest BCUT2D eigenvalue weighted by Crippen LogP contribution is -2.66. The van der Waals surface area contributed by atoms with Crippen LogP contribution in [0.15, 0.2) is 36.5 Å². The molecule has 0 aromatic rings. The van der Waals surface area contributed by atoms with Gasteiger partial charge in [0.15, 0.2) is 18.9 Å². The zero-order chi connectivity index (χ0) is 68.2. The van der Waals surface area contributed by atoms with Crippen LogP contribution in [0.3, 0.4) is 0 Å². The normalized spacial score (nSPS) is 27.5. The average molecular weight is 1340 g/mol. The molecule has 552 valence electrons. The Labute approximate surface area is 568 Å². The lowest BCUT2D eigenvalue weighted by atomic mass is 9.96. The Morgan fingerprint density at radius 2 is 0.702 bits per heavy atom. The molecule has 3 aliphatic rings. The summed E-state index contributed by atoms with van der Waals surface area (Å²) in [5.41, 5.74) is 0. The maximum atomic E-state index is 13.5. The third-order valence-electron chi connectivity index (χ3n) is 19.2. The zero-order valence-corrected chi connectivity index (χ0v) is 58.7. The highest BCUT2D eigenvalue weighted by Gasteiger charge is 2.53. The number of rotatable bonds is 60. The molecule has 0 saturated carbocycles. The number of hydrogen-bond donors (Lipinski definition) is 12. The standard InChI is InChI=1S/C75H139NO18/c1-3-5-7-9-11-13-15-17-19-21-22-23-24-25-26-27-28-29-30-31-32-33-34-35-36-37-39-41-43-45-47-49-51-53-63(81)76-58(59(80)52-50-48-46-44-42-40-38-20-18-16-14-12-10-8-6-4-2)57-89-73-69(87)66(84)71(61(55-78)91-73)94-75-70(88)67(85)72(62(56-79)92-75)93-74-68(86)65(83)64(82)60(54-77)90-74/h15,17,21-22,24-25,58-62,64-75,77-80,82-88H,3-14,16,18-20,23,26-57H2,1-2H3,(H,76,81)/b17-15-,22-21-,25-24-. The van der Waals surface area contributed by atoms with Crippen molar-refractivity contribution in [3.05, 3.63) is 36.5 Å². The number of unbranched alkanes of at least 4 members (excludes halogenated alkanes) is 38. The quantitative estimate of drug-likeness (QED) is 0.0199. The number of ether oxygens (including phenoxy) is 6. The molecule has 17 atom stereocenters. The summed E-state index contributed by atoms with van der Waals surface area (Å²) < 4.78 is 34.5. The van der Waals surface area contributed by atoms with Crippen LogP contribution in [-0.2, 0) is 33.2 Å². The van der Waals surface area contributed by atoms with Crippen molar-refractivity contribution in [2.75, 3.05) is 26.4 Å². The van der Waals surface area contributed by atoms with Gasteiger partial charge in [-0.25, -0.2) is 0 Å². The lowest BCUT2D eigenvalue weighted by Gasteiger charge is -2.48. The highest BCUT2D eigenvalue weighted by atomic mass is 16.8. The monoisotopic (exact) mass is 1340 g/mol. The molecule has 0 aromatic carbocycles. The topological polar surface area (TPSA) is 307 Å². The van der Waals surface area contributed by atoms with Crippen LogP contribution in [0.1, 0.15) is 303 Å². The van der Waals surface area contributed by atoms with Crippen molar-refractivity contribution in [3.63, 3.8) is 0 Å². The van der Waals surface area contributed by atoms with E-state index < -0.39 is 124 Å². The minimum Gasteiger partial charge on any atom is -0.394 e. The first kappa shape index (κ1) is 86.2. The van der Waals surface area contributed by atoms with E-state index in [1.807, 2.05) is 0 Å². The summed E-state index contributed by atoms with van der Waals surface area (Å²) in [6.45, 7) is 1.82. The Morgan fingerprint density at radius 1 is 0.383 bits per heavy atom. The Balaban J connectivity index is 1.35. The Hall–Kier alpha value is -1.99. The highest BCUT2D eigenvalue weighted by molar-refractivity contribution is 5.76. The molecule has 3 fully saturated rings. The van der Waals surface area contributed by atoms with E-state index in [9.17, 15) is 61.0 Å². The van der Waals surface area contributed by atoms with Crippen molar-refractivity contribution >= 4 is 5.91 Å². The van der Waals surface area contributed by atoms with E-state index in [4.69, 9.17) is 28.4 Å². The van der Waals surface area contributed by atoms with Crippen LogP contribution in [0.25, 0.3) is 0 Å².